The first-order valence-corrected chi connectivity index (χ1v) is 6.72. The van der Waals surface area contributed by atoms with E-state index in [1.165, 1.54) is 9.42 Å². The van der Waals surface area contributed by atoms with E-state index in [9.17, 15) is 9.59 Å². The smallest absolute Gasteiger partial charge is 0.326 e. The number of hydrogen-bond acceptors (Lipinski definition) is 5. The van der Waals surface area contributed by atoms with Crippen LogP contribution in [0.4, 0.5) is 0 Å². The van der Waals surface area contributed by atoms with Gasteiger partial charge >= 0.3 is 5.97 Å². The Morgan fingerprint density at radius 3 is 2.81 bits per heavy atom. The third kappa shape index (κ3) is 2.22. The number of fused-ring (bicyclic) bond motifs is 1. The summed E-state index contributed by atoms with van der Waals surface area (Å²) >= 11 is 0. The lowest BCUT2D eigenvalue weighted by Crippen LogP contribution is -2.40. The summed E-state index contributed by atoms with van der Waals surface area (Å²) in [6.45, 7) is 4.10. The summed E-state index contributed by atoms with van der Waals surface area (Å²) in [4.78, 5) is 33.3. The van der Waals surface area contributed by atoms with Crippen molar-refractivity contribution < 1.29 is 14.7 Å². The Kier molecular flexibility index (Phi) is 3.08. The largest absolute Gasteiger partial charge is 0.480 e. The summed E-state index contributed by atoms with van der Waals surface area (Å²) in [6, 6.07) is 1.05. The van der Waals surface area contributed by atoms with Gasteiger partial charge in [-0.3, -0.25) is 4.79 Å². The Balaban J connectivity index is 1.98. The second-order valence-corrected chi connectivity index (χ2v) is 5.18. The lowest BCUT2D eigenvalue weighted by Gasteiger charge is -2.19. The Morgan fingerprint density at radius 2 is 2.10 bits per heavy atom. The van der Waals surface area contributed by atoms with E-state index in [2.05, 4.69) is 15.1 Å². The van der Waals surface area contributed by atoms with Gasteiger partial charge in [0.05, 0.1) is 0 Å². The molecule has 1 N–H and O–H groups in total. The van der Waals surface area contributed by atoms with Gasteiger partial charge in [-0.05, 0) is 32.8 Å². The fourth-order valence-electron chi connectivity index (χ4n) is 2.65. The molecule has 0 aromatic carbocycles. The molecule has 0 saturated carbocycles. The molecule has 3 rings (SSSR count). The Hall–Kier alpha value is -2.51. The van der Waals surface area contributed by atoms with E-state index in [0.29, 0.717) is 25.2 Å². The summed E-state index contributed by atoms with van der Waals surface area (Å²) < 4.78 is 1.49. The zero-order valence-corrected chi connectivity index (χ0v) is 11.8. The average molecular weight is 289 g/mol. The van der Waals surface area contributed by atoms with Crippen molar-refractivity contribution in [2.75, 3.05) is 6.54 Å². The summed E-state index contributed by atoms with van der Waals surface area (Å²) in [5, 5.41) is 13.3. The fraction of sp³-hybridized carbons (Fsp3) is 0.462. The Labute approximate surface area is 120 Å². The zero-order chi connectivity index (χ0) is 15.1. The molecule has 1 fully saturated rings. The van der Waals surface area contributed by atoms with Gasteiger partial charge in [-0.1, -0.05) is 0 Å². The van der Waals surface area contributed by atoms with Crippen molar-refractivity contribution in [3.63, 3.8) is 0 Å². The predicted octanol–water partition coefficient (Wildman–Crippen LogP) is 0.430. The van der Waals surface area contributed by atoms with Crippen LogP contribution in [0, 0.1) is 13.8 Å². The Bertz CT molecular complexity index is 739. The molecule has 8 nitrogen and oxygen atoms in total. The van der Waals surface area contributed by atoms with Crippen LogP contribution >= 0.6 is 0 Å². The van der Waals surface area contributed by atoms with Crippen LogP contribution in [0.1, 0.15) is 34.8 Å². The van der Waals surface area contributed by atoms with Crippen molar-refractivity contribution in [1.29, 1.82) is 0 Å². The van der Waals surface area contributed by atoms with E-state index >= 15 is 0 Å². The first kappa shape index (κ1) is 13.5. The molecule has 2 aromatic rings. The number of likely N-dealkylation sites (tertiary alicyclic amines) is 1. The molecule has 0 bridgehead atoms. The van der Waals surface area contributed by atoms with Gasteiger partial charge < -0.3 is 10.0 Å². The van der Waals surface area contributed by atoms with Crippen molar-refractivity contribution in [1.82, 2.24) is 24.5 Å². The van der Waals surface area contributed by atoms with Crippen molar-refractivity contribution in [2.45, 2.75) is 32.7 Å². The molecule has 0 radical (unpaired) electrons. The molecule has 1 unspecified atom stereocenters. The minimum Gasteiger partial charge on any atom is -0.480 e. The minimum absolute atomic E-state index is 0.00986. The van der Waals surface area contributed by atoms with Gasteiger partial charge in [-0.2, -0.15) is 4.98 Å². The molecule has 2 aromatic heterocycles. The van der Waals surface area contributed by atoms with E-state index in [4.69, 9.17) is 5.11 Å². The number of aliphatic carboxylic acids is 1. The number of carboxylic acid groups (broad SMARTS) is 1. The number of carbonyl (C=O) groups is 2. The monoisotopic (exact) mass is 289 g/mol. The number of aromatic nitrogens is 4. The highest BCUT2D eigenvalue weighted by atomic mass is 16.4. The van der Waals surface area contributed by atoms with Crippen molar-refractivity contribution >= 4 is 17.7 Å². The fourth-order valence-corrected chi connectivity index (χ4v) is 2.65. The van der Waals surface area contributed by atoms with E-state index in [-0.39, 0.29) is 5.82 Å². The van der Waals surface area contributed by atoms with Gasteiger partial charge in [0.2, 0.25) is 5.82 Å². The molecule has 3 heterocycles. The maximum Gasteiger partial charge on any atom is 0.326 e. The molecule has 21 heavy (non-hydrogen) atoms. The molecule has 110 valence electrons. The van der Waals surface area contributed by atoms with Crippen LogP contribution in [0.25, 0.3) is 5.78 Å². The quantitative estimate of drug-likeness (QED) is 0.860. The van der Waals surface area contributed by atoms with Crippen LogP contribution < -0.4 is 0 Å². The van der Waals surface area contributed by atoms with Crippen LogP contribution in [0.3, 0.4) is 0 Å². The summed E-state index contributed by atoms with van der Waals surface area (Å²) in [7, 11) is 0. The number of rotatable bonds is 2. The third-order valence-corrected chi connectivity index (χ3v) is 3.61. The molecular formula is C13H15N5O3. The molecule has 0 spiro atoms. The molecule has 0 aliphatic carbocycles. The van der Waals surface area contributed by atoms with Gasteiger partial charge in [0.1, 0.15) is 6.04 Å². The van der Waals surface area contributed by atoms with Crippen molar-refractivity contribution in [2.24, 2.45) is 0 Å². The maximum absolute atomic E-state index is 12.4. The number of nitrogens with zero attached hydrogens (tertiary/aromatic N) is 5. The highest BCUT2D eigenvalue weighted by molar-refractivity contribution is 5.94. The molecule has 8 heteroatoms. The normalized spacial score (nSPS) is 18.4. The summed E-state index contributed by atoms with van der Waals surface area (Å²) in [5.74, 6) is -1.11. The number of carboxylic acids is 1. The summed E-state index contributed by atoms with van der Waals surface area (Å²) in [5.41, 5.74) is 1.61. The van der Waals surface area contributed by atoms with Gasteiger partial charge in [-0.15, -0.1) is 5.10 Å². The van der Waals surface area contributed by atoms with E-state index in [1.54, 1.807) is 0 Å². The van der Waals surface area contributed by atoms with Crippen LogP contribution in [-0.2, 0) is 4.79 Å². The van der Waals surface area contributed by atoms with E-state index < -0.39 is 17.9 Å². The van der Waals surface area contributed by atoms with E-state index in [1.807, 2.05) is 19.9 Å². The SMILES string of the molecule is Cc1cc(C)n2nc(C(=O)N3CCCC3C(=O)O)nc2n1. The topological polar surface area (TPSA) is 101 Å². The summed E-state index contributed by atoms with van der Waals surface area (Å²) in [6.07, 6.45) is 1.14. The third-order valence-electron chi connectivity index (χ3n) is 3.61. The lowest BCUT2D eigenvalue weighted by atomic mass is 10.2. The predicted molar refractivity (Wildman–Crippen MR) is 72.0 cm³/mol. The molecule has 1 atom stereocenters. The standard InChI is InChI=1S/C13H15N5O3/c1-7-6-8(2)18-13(14-7)15-10(16-18)11(19)17-5-3-4-9(17)12(20)21/h6,9H,3-5H2,1-2H3,(H,20,21). The zero-order valence-electron chi connectivity index (χ0n) is 11.8. The van der Waals surface area contributed by atoms with Crippen molar-refractivity contribution in [3.05, 3.63) is 23.3 Å². The number of carbonyl (C=O) groups excluding carboxylic acids is 1. The molecule has 1 aliphatic rings. The number of hydrogen-bond donors (Lipinski definition) is 1. The first-order chi connectivity index (χ1) is 9.97. The minimum atomic E-state index is -0.991. The van der Waals surface area contributed by atoms with Crippen LogP contribution in [-0.4, -0.2) is 54.1 Å². The maximum atomic E-state index is 12.4. The molecular weight excluding hydrogens is 274 g/mol. The van der Waals surface area contributed by atoms with Crippen LogP contribution in [0.15, 0.2) is 6.07 Å². The number of aryl methyl sites for hydroxylation is 2. The van der Waals surface area contributed by atoms with Crippen molar-refractivity contribution in [3.8, 4) is 0 Å². The number of amides is 1. The lowest BCUT2D eigenvalue weighted by molar-refractivity contribution is -0.141. The molecule has 1 amide bonds. The highest BCUT2D eigenvalue weighted by Gasteiger charge is 2.36. The molecule has 1 aliphatic heterocycles. The average Bonchev–Trinajstić information content (AvgIpc) is 3.03. The van der Waals surface area contributed by atoms with Crippen LogP contribution in [0.2, 0.25) is 0 Å². The molecule has 1 saturated heterocycles. The van der Waals surface area contributed by atoms with E-state index in [0.717, 1.165) is 11.4 Å². The van der Waals surface area contributed by atoms with Gasteiger partial charge in [0, 0.05) is 17.9 Å². The second kappa shape index (κ2) is 4.80. The van der Waals surface area contributed by atoms with Crippen LogP contribution in [0.5, 0.6) is 0 Å². The first-order valence-electron chi connectivity index (χ1n) is 6.72. The Morgan fingerprint density at radius 1 is 1.33 bits per heavy atom. The van der Waals surface area contributed by atoms with Gasteiger partial charge in [0.15, 0.2) is 0 Å². The second-order valence-electron chi connectivity index (χ2n) is 5.18. The van der Waals surface area contributed by atoms with Gasteiger partial charge in [0.25, 0.3) is 11.7 Å². The van der Waals surface area contributed by atoms with Gasteiger partial charge in [-0.25, -0.2) is 14.3 Å². The highest BCUT2D eigenvalue weighted by Crippen LogP contribution is 2.19.